The van der Waals surface area contributed by atoms with Crippen molar-refractivity contribution in [1.29, 1.82) is 0 Å². The zero-order chi connectivity index (χ0) is 14.8. The van der Waals surface area contributed by atoms with Crippen LogP contribution in [-0.2, 0) is 4.74 Å². The number of aryl methyl sites for hydroxylation is 1. The summed E-state index contributed by atoms with van der Waals surface area (Å²) in [6, 6.07) is 2.71. The van der Waals surface area contributed by atoms with Crippen LogP contribution in [0.3, 0.4) is 0 Å². The average Bonchev–Trinajstić information content (AvgIpc) is 3.23. The molecule has 21 heavy (non-hydrogen) atoms. The van der Waals surface area contributed by atoms with Gasteiger partial charge in [0.15, 0.2) is 0 Å². The Hall–Kier alpha value is -1.69. The predicted octanol–water partition coefficient (Wildman–Crippen LogP) is 1.47. The Morgan fingerprint density at radius 3 is 2.95 bits per heavy atom. The van der Waals surface area contributed by atoms with E-state index in [1.807, 2.05) is 13.0 Å². The van der Waals surface area contributed by atoms with Crippen molar-refractivity contribution in [3.8, 4) is 0 Å². The van der Waals surface area contributed by atoms with Crippen molar-refractivity contribution >= 4 is 11.8 Å². The highest BCUT2D eigenvalue weighted by Crippen LogP contribution is 2.31. The number of ether oxygens (including phenoxy) is 1. The molecule has 0 bridgehead atoms. The number of hydrogen-bond donors (Lipinski definition) is 1. The van der Waals surface area contributed by atoms with Crippen LogP contribution in [0.15, 0.2) is 6.07 Å². The van der Waals surface area contributed by atoms with Crippen molar-refractivity contribution in [2.24, 2.45) is 5.92 Å². The Morgan fingerprint density at radius 2 is 2.24 bits per heavy atom. The molecule has 2 fully saturated rings. The standard InChI is InChI=1S/C15H22N4O2/c1-10-7-13(18-14(17-10)15(20)21-2)16-8-11-5-6-19(9-11)12-3-4-12/h7,11-12H,3-6,8-9H2,1-2H3,(H,16,17,18). The molecule has 1 N–H and O–H groups in total. The van der Waals surface area contributed by atoms with E-state index in [-0.39, 0.29) is 5.82 Å². The Morgan fingerprint density at radius 1 is 1.43 bits per heavy atom. The van der Waals surface area contributed by atoms with Crippen LogP contribution in [0.1, 0.15) is 35.6 Å². The number of rotatable bonds is 5. The van der Waals surface area contributed by atoms with E-state index in [1.54, 1.807) is 0 Å². The quantitative estimate of drug-likeness (QED) is 0.828. The van der Waals surface area contributed by atoms with Crippen LogP contribution in [0.25, 0.3) is 0 Å². The maximum atomic E-state index is 11.5. The van der Waals surface area contributed by atoms with E-state index in [0.717, 1.165) is 18.3 Å². The van der Waals surface area contributed by atoms with Crippen molar-refractivity contribution in [2.75, 3.05) is 32.1 Å². The van der Waals surface area contributed by atoms with Gasteiger partial charge in [0, 0.05) is 30.9 Å². The maximum Gasteiger partial charge on any atom is 0.376 e. The number of esters is 1. The first-order chi connectivity index (χ1) is 10.2. The highest BCUT2D eigenvalue weighted by molar-refractivity contribution is 5.85. The molecule has 1 atom stereocenters. The van der Waals surface area contributed by atoms with Crippen LogP contribution in [0.4, 0.5) is 5.82 Å². The summed E-state index contributed by atoms with van der Waals surface area (Å²) in [5.74, 6) is 0.976. The Kier molecular flexibility index (Phi) is 4.05. The lowest BCUT2D eigenvalue weighted by Gasteiger charge is -2.15. The third-order valence-corrected chi connectivity index (χ3v) is 4.17. The maximum absolute atomic E-state index is 11.5. The van der Waals surface area contributed by atoms with E-state index < -0.39 is 5.97 Å². The van der Waals surface area contributed by atoms with E-state index in [9.17, 15) is 4.79 Å². The molecule has 0 spiro atoms. The monoisotopic (exact) mass is 290 g/mol. The van der Waals surface area contributed by atoms with Gasteiger partial charge in [-0.1, -0.05) is 0 Å². The van der Waals surface area contributed by atoms with Gasteiger partial charge in [0.25, 0.3) is 0 Å². The SMILES string of the molecule is COC(=O)c1nc(C)cc(NCC2CCN(C3CC3)C2)n1. The molecule has 0 aromatic carbocycles. The number of nitrogens with zero attached hydrogens (tertiary/aromatic N) is 3. The molecule has 1 saturated heterocycles. The lowest BCUT2D eigenvalue weighted by molar-refractivity contribution is 0.0586. The van der Waals surface area contributed by atoms with Crippen LogP contribution in [-0.4, -0.2) is 53.6 Å². The topological polar surface area (TPSA) is 67.3 Å². The number of nitrogens with one attached hydrogen (secondary N) is 1. The molecule has 0 amide bonds. The molecule has 114 valence electrons. The minimum Gasteiger partial charge on any atom is -0.463 e. The highest BCUT2D eigenvalue weighted by atomic mass is 16.5. The van der Waals surface area contributed by atoms with Gasteiger partial charge >= 0.3 is 5.97 Å². The van der Waals surface area contributed by atoms with Gasteiger partial charge in [-0.05, 0) is 38.6 Å². The molecule has 1 aromatic heterocycles. The second-order valence-corrected chi connectivity index (χ2v) is 5.97. The molecule has 2 aliphatic rings. The fourth-order valence-electron chi connectivity index (χ4n) is 2.89. The summed E-state index contributed by atoms with van der Waals surface area (Å²) in [7, 11) is 1.34. The highest BCUT2D eigenvalue weighted by Gasteiger charge is 2.34. The lowest BCUT2D eigenvalue weighted by Crippen LogP contribution is -2.25. The van der Waals surface area contributed by atoms with Crippen molar-refractivity contribution in [3.05, 3.63) is 17.6 Å². The molecule has 3 rings (SSSR count). The summed E-state index contributed by atoms with van der Waals surface area (Å²) in [6.45, 7) is 5.13. The van der Waals surface area contributed by atoms with Crippen LogP contribution in [0.5, 0.6) is 0 Å². The van der Waals surface area contributed by atoms with E-state index in [0.29, 0.717) is 11.7 Å². The van der Waals surface area contributed by atoms with E-state index in [4.69, 9.17) is 0 Å². The second-order valence-electron chi connectivity index (χ2n) is 5.97. The van der Waals surface area contributed by atoms with Crippen molar-refractivity contribution in [1.82, 2.24) is 14.9 Å². The zero-order valence-electron chi connectivity index (χ0n) is 12.6. The molecule has 2 heterocycles. The summed E-state index contributed by atoms with van der Waals surface area (Å²) < 4.78 is 4.67. The van der Waals surface area contributed by atoms with Crippen molar-refractivity contribution in [2.45, 2.75) is 32.2 Å². The van der Waals surface area contributed by atoms with Gasteiger partial charge in [0.2, 0.25) is 5.82 Å². The third-order valence-electron chi connectivity index (χ3n) is 4.17. The molecule has 6 nitrogen and oxygen atoms in total. The van der Waals surface area contributed by atoms with Gasteiger partial charge in [0.1, 0.15) is 5.82 Å². The van der Waals surface area contributed by atoms with Gasteiger partial charge in [-0.2, -0.15) is 0 Å². The molecular formula is C15H22N4O2. The minimum atomic E-state index is -0.498. The first-order valence-electron chi connectivity index (χ1n) is 7.57. The number of hydrogen-bond acceptors (Lipinski definition) is 6. The lowest BCUT2D eigenvalue weighted by atomic mass is 10.1. The molecular weight excluding hydrogens is 268 g/mol. The fraction of sp³-hybridized carbons (Fsp3) is 0.667. The van der Waals surface area contributed by atoms with Crippen molar-refractivity contribution < 1.29 is 9.53 Å². The molecule has 1 saturated carbocycles. The number of carbonyl (C=O) groups excluding carboxylic acids is 1. The Labute approximate surface area is 124 Å². The zero-order valence-corrected chi connectivity index (χ0v) is 12.6. The van der Waals surface area contributed by atoms with Crippen LogP contribution in [0.2, 0.25) is 0 Å². The van der Waals surface area contributed by atoms with Crippen LogP contribution >= 0.6 is 0 Å². The molecule has 1 aliphatic heterocycles. The Balaban J connectivity index is 1.57. The number of aromatic nitrogens is 2. The summed E-state index contributed by atoms with van der Waals surface area (Å²) in [5, 5.41) is 3.34. The first kappa shape index (κ1) is 14.3. The average molecular weight is 290 g/mol. The normalized spacial score (nSPS) is 22.3. The predicted molar refractivity (Wildman–Crippen MR) is 79.3 cm³/mol. The summed E-state index contributed by atoms with van der Waals surface area (Å²) in [6.07, 6.45) is 3.97. The largest absolute Gasteiger partial charge is 0.463 e. The Bertz CT molecular complexity index is 530. The van der Waals surface area contributed by atoms with Gasteiger partial charge in [-0.25, -0.2) is 14.8 Å². The van der Waals surface area contributed by atoms with Gasteiger partial charge < -0.3 is 15.0 Å². The second kappa shape index (κ2) is 5.97. The van der Waals surface area contributed by atoms with E-state index in [1.165, 1.54) is 39.5 Å². The summed E-state index contributed by atoms with van der Waals surface area (Å²) in [5.41, 5.74) is 0.763. The molecule has 6 heteroatoms. The van der Waals surface area contributed by atoms with Crippen LogP contribution in [0, 0.1) is 12.8 Å². The van der Waals surface area contributed by atoms with Gasteiger partial charge in [-0.3, -0.25) is 0 Å². The number of methoxy groups -OCH3 is 1. The molecule has 1 unspecified atom stereocenters. The van der Waals surface area contributed by atoms with E-state index >= 15 is 0 Å². The minimum absolute atomic E-state index is 0.117. The van der Waals surface area contributed by atoms with Gasteiger partial charge in [-0.15, -0.1) is 0 Å². The van der Waals surface area contributed by atoms with Crippen LogP contribution < -0.4 is 5.32 Å². The number of likely N-dealkylation sites (tertiary alicyclic amines) is 1. The molecule has 0 radical (unpaired) electrons. The fourth-order valence-corrected chi connectivity index (χ4v) is 2.89. The first-order valence-corrected chi connectivity index (χ1v) is 7.57. The third kappa shape index (κ3) is 3.50. The van der Waals surface area contributed by atoms with E-state index in [2.05, 4.69) is 24.9 Å². The molecule has 1 aromatic rings. The number of carbonyl (C=O) groups is 1. The summed E-state index contributed by atoms with van der Waals surface area (Å²) in [4.78, 5) is 22.4. The van der Waals surface area contributed by atoms with Gasteiger partial charge in [0.05, 0.1) is 7.11 Å². The smallest absolute Gasteiger partial charge is 0.376 e. The number of anilines is 1. The summed E-state index contributed by atoms with van der Waals surface area (Å²) >= 11 is 0. The van der Waals surface area contributed by atoms with Crippen molar-refractivity contribution in [3.63, 3.8) is 0 Å². The molecule has 1 aliphatic carbocycles.